The van der Waals surface area contributed by atoms with Crippen molar-refractivity contribution in [2.75, 3.05) is 13.7 Å². The Labute approximate surface area is 90.1 Å². The van der Waals surface area contributed by atoms with Crippen molar-refractivity contribution in [3.05, 3.63) is 0 Å². The molecule has 4 heteroatoms. The fourth-order valence-electron chi connectivity index (χ4n) is 0.620. The van der Waals surface area contributed by atoms with Gasteiger partial charge in [-0.3, -0.25) is 6.29 Å². The van der Waals surface area contributed by atoms with Gasteiger partial charge in [-0.2, -0.15) is 6.42 Å². The van der Waals surface area contributed by atoms with E-state index in [4.69, 9.17) is 4.74 Å². The van der Waals surface area contributed by atoms with Gasteiger partial charge in [0.2, 0.25) is 0 Å². The number of ether oxygens (including phenoxy) is 1. The van der Waals surface area contributed by atoms with Crippen LogP contribution in [0.1, 0.15) is 25.7 Å². The van der Waals surface area contributed by atoms with Crippen LogP contribution in [0.2, 0.25) is 0 Å². The van der Waals surface area contributed by atoms with Crippen molar-refractivity contribution in [2.45, 2.75) is 25.7 Å². The second-order valence-electron chi connectivity index (χ2n) is 1.95. The van der Waals surface area contributed by atoms with E-state index in [2.05, 4.69) is 0 Å². The van der Waals surface area contributed by atoms with Crippen LogP contribution in [0.4, 0.5) is 0 Å². The van der Waals surface area contributed by atoms with Gasteiger partial charge >= 0.3 is 29.6 Å². The summed E-state index contributed by atoms with van der Waals surface area (Å²) in [7, 11) is 1.69. The molecule has 0 spiro atoms. The second kappa shape index (κ2) is 16.9. The molecule has 0 radical (unpaired) electrons. The maximum atomic E-state index is 9.68. The van der Waals surface area contributed by atoms with Crippen LogP contribution in [-0.2, 0) is 15.0 Å². The van der Waals surface area contributed by atoms with Crippen molar-refractivity contribution in [2.24, 2.45) is 0 Å². The van der Waals surface area contributed by atoms with Gasteiger partial charge in [0.15, 0.2) is 0 Å². The summed E-state index contributed by atoms with van der Waals surface area (Å²) in [5, 5.41) is 0. The third kappa shape index (κ3) is 18.0. The van der Waals surface area contributed by atoms with Crippen molar-refractivity contribution in [3.63, 3.8) is 0 Å². The molecule has 0 aliphatic carbocycles. The molecule has 0 bridgehead atoms. The summed E-state index contributed by atoms with van der Waals surface area (Å²) in [5.41, 5.74) is 0. The summed E-state index contributed by atoms with van der Waals surface area (Å²) in [4.78, 5) is 9.68. The molecule has 0 aromatic heterocycles. The van der Waals surface area contributed by atoms with Crippen LogP contribution in [0.15, 0.2) is 0 Å². The van der Waals surface area contributed by atoms with Gasteiger partial charge in [-0.1, -0.05) is 12.8 Å². The van der Waals surface area contributed by atoms with Crippen LogP contribution in [0.25, 0.3) is 0 Å². The third-order valence-corrected chi connectivity index (χ3v) is 1.13. The molecule has 3 nitrogen and oxygen atoms in total. The standard InChI is InChI=1S/C7H13O2.Na.H2O/c1-9-7-5-3-2-4-6-8;;/h2-5,7H2,1H3;;1H2/q-1;+1;/p+1. The van der Waals surface area contributed by atoms with Crippen molar-refractivity contribution < 1.29 is 44.6 Å². The Balaban J connectivity index is -0.000000320. The molecule has 0 aromatic rings. The Hall–Kier alpha value is 0.590. The molecule has 0 amide bonds. The molecule has 0 fully saturated rings. The second-order valence-corrected chi connectivity index (χ2v) is 1.95. The summed E-state index contributed by atoms with van der Waals surface area (Å²) in [6.07, 6.45) is 5.50. The Morgan fingerprint density at radius 3 is 2.36 bits per heavy atom. The Bertz CT molecular complexity index is 68.7. The number of unbranched alkanes of at least 4 members (excludes halogenated alkanes) is 3. The quantitative estimate of drug-likeness (QED) is 0.190. The number of hydrogen-bond acceptors (Lipinski definition) is 2. The van der Waals surface area contributed by atoms with Gasteiger partial charge < -0.3 is 15.0 Å². The molecule has 0 saturated carbocycles. The van der Waals surface area contributed by atoms with Crippen LogP contribution < -0.4 is 29.6 Å². The minimum absolute atomic E-state index is 0. The van der Waals surface area contributed by atoms with Crippen LogP contribution in [0.3, 0.4) is 0 Å². The van der Waals surface area contributed by atoms with E-state index in [0.29, 0.717) is 6.42 Å². The molecule has 0 aromatic carbocycles. The molecule has 11 heavy (non-hydrogen) atoms. The van der Waals surface area contributed by atoms with Crippen molar-refractivity contribution in [1.82, 2.24) is 0 Å². The largest absolute Gasteiger partial charge is 1.00 e. The molecule has 0 atom stereocenters. The SMILES string of the molecule is COCCCCC[C-]=O.[Na+].[OH3+]. The van der Waals surface area contributed by atoms with E-state index in [1.807, 2.05) is 6.29 Å². The van der Waals surface area contributed by atoms with Crippen molar-refractivity contribution in [1.29, 1.82) is 0 Å². The molecule has 0 aliphatic rings. The minimum Gasteiger partial charge on any atom is -0.542 e. The maximum absolute atomic E-state index is 9.68. The summed E-state index contributed by atoms with van der Waals surface area (Å²) in [5.74, 6) is 0. The van der Waals surface area contributed by atoms with Gasteiger partial charge in [-0.05, 0) is 6.42 Å². The molecule has 0 heterocycles. The predicted molar refractivity (Wildman–Crippen MR) is 40.9 cm³/mol. The zero-order valence-corrected chi connectivity index (χ0v) is 9.43. The third-order valence-electron chi connectivity index (χ3n) is 1.13. The van der Waals surface area contributed by atoms with Gasteiger partial charge in [0.25, 0.3) is 0 Å². The molecule has 3 N–H and O–H groups in total. The van der Waals surface area contributed by atoms with Crippen molar-refractivity contribution >= 4 is 6.29 Å². The zero-order chi connectivity index (χ0) is 6.95. The molecular formula is C7H16NaO3+. The average Bonchev–Trinajstić information content (AvgIpc) is 1.89. The van der Waals surface area contributed by atoms with E-state index >= 15 is 0 Å². The van der Waals surface area contributed by atoms with E-state index in [1.165, 1.54) is 0 Å². The van der Waals surface area contributed by atoms with Crippen LogP contribution >= 0.6 is 0 Å². The van der Waals surface area contributed by atoms with E-state index < -0.39 is 0 Å². The van der Waals surface area contributed by atoms with Gasteiger partial charge in [-0.25, -0.2) is 0 Å². The zero-order valence-electron chi connectivity index (χ0n) is 7.43. The van der Waals surface area contributed by atoms with Crippen LogP contribution in [-0.4, -0.2) is 20.0 Å². The first kappa shape index (κ1) is 17.6. The summed E-state index contributed by atoms with van der Waals surface area (Å²) in [6.45, 7) is 0.804. The molecule has 62 valence electrons. The predicted octanol–water partition coefficient (Wildman–Crippen LogP) is -2.61. The Morgan fingerprint density at radius 1 is 1.27 bits per heavy atom. The first-order chi connectivity index (χ1) is 4.41. The molecular weight excluding hydrogens is 155 g/mol. The van der Waals surface area contributed by atoms with Gasteiger partial charge in [0, 0.05) is 13.7 Å². The van der Waals surface area contributed by atoms with Gasteiger partial charge in [0.1, 0.15) is 0 Å². The Kier molecular flexibility index (Phi) is 27.1. The fourth-order valence-corrected chi connectivity index (χ4v) is 0.620. The van der Waals surface area contributed by atoms with Crippen LogP contribution in [0, 0.1) is 0 Å². The number of carbonyl (C=O) groups excluding carboxylic acids is 1. The maximum Gasteiger partial charge on any atom is 1.00 e. The molecule has 0 aliphatic heterocycles. The normalized spacial score (nSPS) is 7.73. The summed E-state index contributed by atoms with van der Waals surface area (Å²) < 4.78 is 4.82. The summed E-state index contributed by atoms with van der Waals surface area (Å²) in [6, 6.07) is 0. The number of hydrogen-bond donors (Lipinski definition) is 0. The van der Waals surface area contributed by atoms with E-state index in [0.717, 1.165) is 25.9 Å². The van der Waals surface area contributed by atoms with Crippen molar-refractivity contribution in [3.8, 4) is 0 Å². The summed E-state index contributed by atoms with van der Waals surface area (Å²) >= 11 is 0. The van der Waals surface area contributed by atoms with E-state index in [-0.39, 0.29) is 35.0 Å². The van der Waals surface area contributed by atoms with Gasteiger partial charge in [0.05, 0.1) is 0 Å². The number of rotatable bonds is 6. The molecule has 0 saturated heterocycles. The smallest absolute Gasteiger partial charge is 0.542 e. The van der Waals surface area contributed by atoms with Gasteiger partial charge in [-0.15, -0.1) is 0 Å². The molecule has 0 rings (SSSR count). The topological polar surface area (TPSA) is 59.3 Å². The van der Waals surface area contributed by atoms with Crippen LogP contribution in [0.5, 0.6) is 0 Å². The minimum atomic E-state index is 0. The fraction of sp³-hybridized carbons (Fsp3) is 0.857. The average molecular weight is 171 g/mol. The van der Waals surface area contributed by atoms with E-state index in [9.17, 15) is 4.79 Å². The first-order valence-corrected chi connectivity index (χ1v) is 3.25. The monoisotopic (exact) mass is 171 g/mol. The number of methoxy groups -OCH3 is 1. The Morgan fingerprint density at radius 2 is 1.91 bits per heavy atom. The molecule has 0 unspecified atom stereocenters. The first-order valence-electron chi connectivity index (χ1n) is 3.25. The van der Waals surface area contributed by atoms with E-state index in [1.54, 1.807) is 7.11 Å².